The van der Waals surface area contributed by atoms with Gasteiger partial charge in [-0.15, -0.1) is 0 Å². The average molecular weight is 475 g/mol. The predicted octanol–water partition coefficient (Wildman–Crippen LogP) is 3.23. The topological polar surface area (TPSA) is 94.5 Å². The first-order valence-corrected chi connectivity index (χ1v) is 15.0. The van der Waals surface area contributed by atoms with Crippen molar-refractivity contribution in [1.82, 2.24) is 0 Å². The van der Waals surface area contributed by atoms with Crippen molar-refractivity contribution in [3.63, 3.8) is 0 Å². The van der Waals surface area contributed by atoms with Crippen LogP contribution in [0.1, 0.15) is 15.9 Å². The maximum Gasteiger partial charge on any atom is 0.338 e. The van der Waals surface area contributed by atoms with Crippen LogP contribution in [-0.2, 0) is 25.6 Å². The van der Waals surface area contributed by atoms with Gasteiger partial charge in [0, 0.05) is 14.7 Å². The van der Waals surface area contributed by atoms with Crippen LogP contribution in [0, 0.1) is 0 Å². The number of benzene rings is 2. The molecule has 0 amide bonds. The molecule has 0 spiro atoms. The maximum atomic E-state index is 12.8. The standard InChI is InChI=1S/C25H34O7Si/c1-33(2,3)15-14-29-25-23(30-17-18-10-6-4-7-11-18)22(21(27)20(16-26)31-25)32-24(28)19-12-8-5-9-13-19/h4-13,20-23,25-27H,14-17H2,1-3H3/t20-,21-,22+,23-,25-/m1/s1. The Morgan fingerprint density at radius 1 is 0.970 bits per heavy atom. The van der Waals surface area contributed by atoms with Crippen LogP contribution >= 0.6 is 0 Å². The zero-order chi connectivity index (χ0) is 23.8. The number of aliphatic hydroxyl groups excluding tert-OH is 2. The summed E-state index contributed by atoms with van der Waals surface area (Å²) in [5.74, 6) is -0.590. The molecule has 1 heterocycles. The lowest BCUT2D eigenvalue weighted by Gasteiger charge is -2.43. The predicted molar refractivity (Wildman–Crippen MR) is 127 cm³/mol. The fourth-order valence-corrected chi connectivity index (χ4v) is 4.23. The molecule has 1 aliphatic heterocycles. The highest BCUT2D eigenvalue weighted by atomic mass is 28.3. The van der Waals surface area contributed by atoms with Crippen LogP contribution in [0.5, 0.6) is 0 Å². The Morgan fingerprint density at radius 2 is 1.61 bits per heavy atom. The molecule has 0 saturated carbocycles. The van der Waals surface area contributed by atoms with E-state index in [1.165, 1.54) is 0 Å². The van der Waals surface area contributed by atoms with E-state index in [1.54, 1.807) is 30.3 Å². The summed E-state index contributed by atoms with van der Waals surface area (Å²) < 4.78 is 23.7. The fraction of sp³-hybridized carbons (Fsp3) is 0.480. The van der Waals surface area contributed by atoms with Gasteiger partial charge in [0.15, 0.2) is 12.4 Å². The first-order chi connectivity index (χ1) is 15.8. The molecule has 0 bridgehead atoms. The Hall–Kier alpha value is -2.07. The number of carbonyl (C=O) groups is 1. The van der Waals surface area contributed by atoms with Gasteiger partial charge in [0.05, 0.1) is 18.8 Å². The average Bonchev–Trinajstić information content (AvgIpc) is 2.80. The highest BCUT2D eigenvalue weighted by molar-refractivity contribution is 6.76. The molecule has 1 fully saturated rings. The molecule has 0 unspecified atom stereocenters. The number of rotatable bonds is 10. The van der Waals surface area contributed by atoms with Crippen LogP contribution in [0.2, 0.25) is 25.7 Å². The summed E-state index contributed by atoms with van der Waals surface area (Å²) in [6.07, 6.45) is -5.10. The molecule has 5 atom stereocenters. The Kier molecular flexibility index (Phi) is 9.19. The van der Waals surface area contributed by atoms with E-state index < -0.39 is 51.4 Å². The summed E-state index contributed by atoms with van der Waals surface area (Å²) in [6.45, 7) is 6.95. The summed E-state index contributed by atoms with van der Waals surface area (Å²) in [7, 11) is -1.37. The quantitative estimate of drug-likeness (QED) is 0.403. The Labute approximate surface area is 196 Å². The Balaban J connectivity index is 1.81. The van der Waals surface area contributed by atoms with Gasteiger partial charge in [0.1, 0.15) is 18.3 Å². The minimum Gasteiger partial charge on any atom is -0.453 e. The minimum atomic E-state index is -1.37. The molecule has 0 radical (unpaired) electrons. The fourth-order valence-electron chi connectivity index (χ4n) is 3.50. The molecule has 2 N–H and O–H groups in total. The van der Waals surface area contributed by atoms with E-state index in [9.17, 15) is 15.0 Å². The molecule has 180 valence electrons. The second kappa shape index (κ2) is 11.9. The van der Waals surface area contributed by atoms with Gasteiger partial charge in [-0.2, -0.15) is 0 Å². The van der Waals surface area contributed by atoms with Crippen molar-refractivity contribution in [2.24, 2.45) is 0 Å². The van der Waals surface area contributed by atoms with Crippen LogP contribution in [0.15, 0.2) is 60.7 Å². The normalized spacial score (nSPS) is 25.5. The van der Waals surface area contributed by atoms with Crippen molar-refractivity contribution in [2.75, 3.05) is 13.2 Å². The van der Waals surface area contributed by atoms with Crippen LogP contribution in [0.3, 0.4) is 0 Å². The van der Waals surface area contributed by atoms with E-state index in [4.69, 9.17) is 18.9 Å². The third kappa shape index (κ3) is 7.46. The van der Waals surface area contributed by atoms with Crippen LogP contribution in [0.25, 0.3) is 0 Å². The van der Waals surface area contributed by atoms with E-state index in [2.05, 4.69) is 19.6 Å². The molecule has 33 heavy (non-hydrogen) atoms. The second-order valence-corrected chi connectivity index (χ2v) is 15.0. The Morgan fingerprint density at radius 3 is 2.21 bits per heavy atom. The van der Waals surface area contributed by atoms with Gasteiger partial charge in [-0.05, 0) is 23.7 Å². The van der Waals surface area contributed by atoms with Gasteiger partial charge >= 0.3 is 5.97 Å². The molecule has 3 rings (SSSR count). The van der Waals surface area contributed by atoms with E-state index in [1.807, 2.05) is 30.3 Å². The molecular formula is C25H34O7Si. The number of carbonyl (C=O) groups excluding carboxylic acids is 1. The number of aliphatic hydroxyl groups is 2. The number of esters is 1. The van der Waals surface area contributed by atoms with Crippen molar-refractivity contribution >= 4 is 14.0 Å². The number of hydrogen-bond acceptors (Lipinski definition) is 7. The summed E-state index contributed by atoms with van der Waals surface area (Å²) in [5.41, 5.74) is 1.28. The molecular weight excluding hydrogens is 440 g/mol. The van der Waals surface area contributed by atoms with Crippen LogP contribution in [-0.4, -0.2) is 68.2 Å². The first-order valence-electron chi connectivity index (χ1n) is 11.3. The molecule has 2 aromatic carbocycles. The van der Waals surface area contributed by atoms with Crippen molar-refractivity contribution < 1.29 is 34.0 Å². The summed E-state index contributed by atoms with van der Waals surface area (Å²) in [5, 5.41) is 20.7. The second-order valence-electron chi connectivity index (χ2n) is 9.39. The smallest absolute Gasteiger partial charge is 0.338 e. The lowest BCUT2D eigenvalue weighted by atomic mass is 9.98. The van der Waals surface area contributed by atoms with Gasteiger partial charge in [-0.1, -0.05) is 68.2 Å². The minimum absolute atomic E-state index is 0.221. The van der Waals surface area contributed by atoms with Crippen molar-refractivity contribution in [3.05, 3.63) is 71.8 Å². The summed E-state index contributed by atoms with van der Waals surface area (Å²) >= 11 is 0. The highest BCUT2D eigenvalue weighted by Gasteiger charge is 2.49. The zero-order valence-electron chi connectivity index (χ0n) is 19.4. The molecule has 1 saturated heterocycles. The molecule has 0 aliphatic carbocycles. The van der Waals surface area contributed by atoms with E-state index in [-0.39, 0.29) is 6.61 Å². The van der Waals surface area contributed by atoms with Gasteiger partial charge in [0.2, 0.25) is 0 Å². The van der Waals surface area contributed by atoms with E-state index in [0.717, 1.165) is 11.6 Å². The molecule has 8 heteroatoms. The lowest BCUT2D eigenvalue weighted by Crippen LogP contribution is -2.61. The molecule has 2 aromatic rings. The largest absolute Gasteiger partial charge is 0.453 e. The lowest BCUT2D eigenvalue weighted by molar-refractivity contribution is -0.310. The van der Waals surface area contributed by atoms with Gasteiger partial charge in [0.25, 0.3) is 0 Å². The third-order valence-electron chi connectivity index (χ3n) is 5.47. The third-order valence-corrected chi connectivity index (χ3v) is 7.17. The Bertz CT molecular complexity index is 856. The SMILES string of the molecule is C[Si](C)(C)CCO[C@@H]1O[C@H](CO)[C@@H](O)[C@H](OC(=O)c2ccccc2)[C@H]1OCc1ccccc1. The zero-order valence-corrected chi connectivity index (χ0v) is 20.4. The van der Waals surface area contributed by atoms with Crippen molar-refractivity contribution in [1.29, 1.82) is 0 Å². The monoisotopic (exact) mass is 474 g/mol. The molecule has 7 nitrogen and oxygen atoms in total. The summed E-state index contributed by atoms with van der Waals surface area (Å²) in [6, 6.07) is 19.0. The van der Waals surface area contributed by atoms with Crippen molar-refractivity contribution in [3.8, 4) is 0 Å². The first kappa shape index (κ1) is 25.5. The van der Waals surface area contributed by atoms with E-state index in [0.29, 0.717) is 12.2 Å². The highest BCUT2D eigenvalue weighted by Crippen LogP contribution is 2.29. The van der Waals surface area contributed by atoms with E-state index >= 15 is 0 Å². The van der Waals surface area contributed by atoms with Crippen LogP contribution < -0.4 is 0 Å². The molecule has 0 aromatic heterocycles. The number of hydrogen-bond donors (Lipinski definition) is 2. The maximum absolute atomic E-state index is 12.8. The van der Waals surface area contributed by atoms with Crippen molar-refractivity contribution in [2.45, 2.75) is 63.0 Å². The van der Waals surface area contributed by atoms with Crippen LogP contribution in [0.4, 0.5) is 0 Å². The van der Waals surface area contributed by atoms with Gasteiger partial charge in [-0.25, -0.2) is 4.79 Å². The summed E-state index contributed by atoms with van der Waals surface area (Å²) in [4.78, 5) is 12.8. The molecule has 1 aliphatic rings. The van der Waals surface area contributed by atoms with Gasteiger partial charge < -0.3 is 29.2 Å². The van der Waals surface area contributed by atoms with Gasteiger partial charge in [-0.3, -0.25) is 0 Å². The number of ether oxygens (including phenoxy) is 4.